The van der Waals surface area contributed by atoms with Crippen LogP contribution in [0.4, 0.5) is 0 Å². The summed E-state index contributed by atoms with van der Waals surface area (Å²) in [5, 5.41) is 0. The molecule has 0 bridgehead atoms. The Morgan fingerprint density at radius 1 is 1.11 bits per heavy atom. The van der Waals surface area contributed by atoms with Crippen molar-refractivity contribution < 1.29 is 4.79 Å². The molecular weight excluding hydrogens is 236 g/mol. The van der Waals surface area contributed by atoms with E-state index in [1.165, 1.54) is 0 Å². The molecule has 3 heteroatoms. The van der Waals surface area contributed by atoms with Crippen molar-refractivity contribution in [2.24, 2.45) is 0 Å². The van der Waals surface area contributed by atoms with E-state index in [2.05, 4.69) is 9.97 Å². The fourth-order valence-electron chi connectivity index (χ4n) is 2.53. The van der Waals surface area contributed by atoms with Crippen molar-refractivity contribution in [2.75, 3.05) is 0 Å². The Labute approximate surface area is 113 Å². The summed E-state index contributed by atoms with van der Waals surface area (Å²) in [4.78, 5) is 21.0. The van der Waals surface area contributed by atoms with Crippen molar-refractivity contribution in [3.63, 3.8) is 0 Å². The van der Waals surface area contributed by atoms with Gasteiger partial charge in [-0.2, -0.15) is 0 Å². The van der Waals surface area contributed by atoms with Crippen LogP contribution in [0.15, 0.2) is 48.9 Å². The van der Waals surface area contributed by atoms with Gasteiger partial charge in [0.1, 0.15) is 5.69 Å². The number of nitrogens with zero attached hydrogens (tertiary/aromatic N) is 2. The molecule has 0 fully saturated rings. The van der Waals surface area contributed by atoms with E-state index in [0.29, 0.717) is 5.69 Å². The number of carbonyl (C=O) groups excluding carboxylic acids is 1. The van der Waals surface area contributed by atoms with E-state index in [-0.39, 0.29) is 5.78 Å². The number of benzene rings is 1. The maximum absolute atomic E-state index is 12.8. The summed E-state index contributed by atoms with van der Waals surface area (Å²) in [6.45, 7) is 4.09. The summed E-state index contributed by atoms with van der Waals surface area (Å²) in [6.07, 6.45) is 6.20. The molecule has 0 N–H and O–H groups in total. The molecule has 0 spiro atoms. The Morgan fingerprint density at radius 3 is 2.32 bits per heavy atom. The van der Waals surface area contributed by atoms with E-state index in [4.69, 9.17) is 0 Å². The van der Waals surface area contributed by atoms with E-state index in [0.717, 1.165) is 18.4 Å². The average molecular weight is 254 g/mol. The van der Waals surface area contributed by atoms with Crippen molar-refractivity contribution in [3.8, 4) is 0 Å². The quantitative estimate of drug-likeness (QED) is 0.768. The average Bonchev–Trinajstić information content (AvgIpc) is 2.51. The number of hydrogen-bond donors (Lipinski definition) is 0. The van der Waals surface area contributed by atoms with Crippen LogP contribution in [0.3, 0.4) is 0 Å². The lowest BCUT2D eigenvalue weighted by molar-refractivity contribution is 0.0867. The summed E-state index contributed by atoms with van der Waals surface area (Å²) in [5.41, 5.74) is 0.989. The molecule has 1 aromatic carbocycles. The number of aromatic nitrogens is 2. The van der Waals surface area contributed by atoms with E-state index in [9.17, 15) is 4.79 Å². The van der Waals surface area contributed by atoms with Crippen molar-refractivity contribution in [1.82, 2.24) is 9.97 Å². The van der Waals surface area contributed by atoms with E-state index >= 15 is 0 Å². The van der Waals surface area contributed by atoms with E-state index in [1.54, 1.807) is 18.6 Å². The first kappa shape index (κ1) is 13.4. The Hall–Kier alpha value is -2.03. The zero-order chi connectivity index (χ0) is 13.7. The topological polar surface area (TPSA) is 42.9 Å². The second kappa shape index (κ2) is 5.74. The minimum absolute atomic E-state index is 0.0526. The van der Waals surface area contributed by atoms with Crippen LogP contribution >= 0.6 is 0 Å². The van der Waals surface area contributed by atoms with Crippen LogP contribution in [0.1, 0.15) is 42.7 Å². The standard InChI is InChI=1S/C16H18N2O/c1-3-16(4-2,13-8-6-5-7-9-13)15(19)14-12-17-10-11-18-14/h5-12H,3-4H2,1-2H3. The van der Waals surface area contributed by atoms with Crippen LogP contribution in [0, 0.1) is 0 Å². The smallest absolute Gasteiger partial charge is 0.193 e. The Morgan fingerprint density at radius 2 is 1.79 bits per heavy atom. The van der Waals surface area contributed by atoms with Gasteiger partial charge in [0.2, 0.25) is 0 Å². The summed E-state index contributed by atoms with van der Waals surface area (Å²) >= 11 is 0. The highest BCUT2D eigenvalue weighted by Crippen LogP contribution is 2.34. The molecule has 98 valence electrons. The summed E-state index contributed by atoms with van der Waals surface area (Å²) < 4.78 is 0. The Bertz CT molecular complexity index is 533. The lowest BCUT2D eigenvalue weighted by Gasteiger charge is -2.30. The molecule has 0 unspecified atom stereocenters. The summed E-state index contributed by atoms with van der Waals surface area (Å²) in [7, 11) is 0. The minimum atomic E-state index is -0.503. The molecule has 0 saturated heterocycles. The third-order valence-corrected chi connectivity index (χ3v) is 3.76. The molecule has 3 nitrogen and oxygen atoms in total. The van der Waals surface area contributed by atoms with Crippen LogP contribution in [-0.4, -0.2) is 15.8 Å². The van der Waals surface area contributed by atoms with Gasteiger partial charge >= 0.3 is 0 Å². The molecule has 0 aliphatic heterocycles. The van der Waals surface area contributed by atoms with Crippen molar-refractivity contribution in [1.29, 1.82) is 0 Å². The first-order valence-electron chi connectivity index (χ1n) is 6.61. The van der Waals surface area contributed by atoms with Gasteiger partial charge in [0.05, 0.1) is 11.6 Å². The molecule has 0 aliphatic carbocycles. The Kier molecular flexibility index (Phi) is 4.05. The van der Waals surface area contributed by atoms with Gasteiger partial charge in [-0.1, -0.05) is 44.2 Å². The summed E-state index contributed by atoms with van der Waals surface area (Å²) in [5.74, 6) is 0.0526. The zero-order valence-corrected chi connectivity index (χ0v) is 11.3. The van der Waals surface area contributed by atoms with Crippen molar-refractivity contribution in [3.05, 3.63) is 60.2 Å². The minimum Gasteiger partial charge on any atom is -0.291 e. The maximum atomic E-state index is 12.8. The first-order chi connectivity index (χ1) is 9.24. The van der Waals surface area contributed by atoms with Crippen molar-refractivity contribution in [2.45, 2.75) is 32.1 Å². The number of carbonyl (C=O) groups is 1. The molecule has 0 radical (unpaired) electrons. The summed E-state index contributed by atoms with van der Waals surface area (Å²) in [6, 6.07) is 9.94. The highest BCUT2D eigenvalue weighted by atomic mass is 16.1. The van der Waals surface area contributed by atoms with Crippen LogP contribution in [0.25, 0.3) is 0 Å². The molecule has 0 aliphatic rings. The third kappa shape index (κ3) is 2.41. The first-order valence-corrected chi connectivity index (χ1v) is 6.61. The normalized spacial score (nSPS) is 11.3. The van der Waals surface area contributed by atoms with Gasteiger partial charge < -0.3 is 0 Å². The van der Waals surface area contributed by atoms with Crippen LogP contribution in [0.2, 0.25) is 0 Å². The molecule has 0 saturated carbocycles. The Balaban J connectivity index is 2.49. The maximum Gasteiger partial charge on any atom is 0.193 e. The molecular formula is C16H18N2O. The van der Waals surface area contributed by atoms with Crippen LogP contribution < -0.4 is 0 Å². The van der Waals surface area contributed by atoms with Crippen LogP contribution in [0.5, 0.6) is 0 Å². The number of hydrogen-bond acceptors (Lipinski definition) is 3. The highest BCUT2D eigenvalue weighted by molar-refractivity contribution is 6.02. The molecule has 19 heavy (non-hydrogen) atoms. The second-order valence-electron chi connectivity index (χ2n) is 4.58. The molecule has 0 amide bonds. The number of rotatable bonds is 5. The highest BCUT2D eigenvalue weighted by Gasteiger charge is 2.37. The predicted octanol–water partition coefficient (Wildman–Crippen LogP) is 3.42. The SMILES string of the molecule is CCC(CC)(C(=O)c1cnccn1)c1ccccc1. The lowest BCUT2D eigenvalue weighted by atomic mass is 9.71. The van der Waals surface area contributed by atoms with Gasteiger partial charge in [-0.15, -0.1) is 0 Å². The molecule has 2 aromatic rings. The fourth-order valence-corrected chi connectivity index (χ4v) is 2.53. The molecule has 0 atom stereocenters. The number of Topliss-reactive ketones (excluding diaryl/α,β-unsaturated/α-hetero) is 1. The van der Waals surface area contributed by atoms with Gasteiger partial charge in [-0.3, -0.25) is 9.78 Å². The van der Waals surface area contributed by atoms with Gasteiger partial charge in [0, 0.05) is 12.4 Å². The second-order valence-corrected chi connectivity index (χ2v) is 4.58. The number of ketones is 1. The monoisotopic (exact) mass is 254 g/mol. The molecule has 2 rings (SSSR count). The fraction of sp³-hybridized carbons (Fsp3) is 0.312. The lowest BCUT2D eigenvalue weighted by Crippen LogP contribution is -2.35. The third-order valence-electron chi connectivity index (χ3n) is 3.76. The van der Waals surface area contributed by atoms with Gasteiger partial charge in [0.15, 0.2) is 5.78 Å². The van der Waals surface area contributed by atoms with Gasteiger partial charge in [-0.05, 0) is 18.4 Å². The van der Waals surface area contributed by atoms with Gasteiger partial charge in [0.25, 0.3) is 0 Å². The van der Waals surface area contributed by atoms with Gasteiger partial charge in [-0.25, -0.2) is 4.98 Å². The zero-order valence-electron chi connectivity index (χ0n) is 11.3. The van der Waals surface area contributed by atoms with Crippen LogP contribution in [-0.2, 0) is 5.41 Å². The predicted molar refractivity (Wildman–Crippen MR) is 75.1 cm³/mol. The van der Waals surface area contributed by atoms with E-state index < -0.39 is 5.41 Å². The largest absolute Gasteiger partial charge is 0.291 e. The van der Waals surface area contributed by atoms with E-state index in [1.807, 2.05) is 44.2 Å². The molecule has 1 heterocycles. The molecule has 1 aromatic heterocycles. The van der Waals surface area contributed by atoms with Crippen molar-refractivity contribution >= 4 is 5.78 Å².